The molecule has 38 heavy (non-hydrogen) atoms. The molecule has 0 unspecified atom stereocenters. The van der Waals surface area contributed by atoms with Gasteiger partial charge in [-0.15, -0.1) is 0 Å². The number of carbonyl (C=O) groups is 1. The van der Waals surface area contributed by atoms with Gasteiger partial charge in [0.05, 0.1) is 17.7 Å². The number of nitrogens with zero attached hydrogens (tertiary/aromatic N) is 1. The first-order chi connectivity index (χ1) is 18.0. The van der Waals surface area contributed by atoms with Crippen LogP contribution < -0.4 is 0 Å². The van der Waals surface area contributed by atoms with Gasteiger partial charge in [0.2, 0.25) is 0 Å². The van der Waals surface area contributed by atoms with E-state index in [0.717, 1.165) is 75.6 Å². The third kappa shape index (κ3) is 4.28. The number of carbonyl (C=O) groups excluding carboxylic acids is 1. The van der Waals surface area contributed by atoms with Gasteiger partial charge in [-0.3, -0.25) is 4.79 Å². The zero-order valence-electron chi connectivity index (χ0n) is 23.0. The lowest BCUT2D eigenvalue weighted by molar-refractivity contribution is -0.187. The molecule has 1 spiro atoms. The zero-order chi connectivity index (χ0) is 27.3. The van der Waals surface area contributed by atoms with Crippen molar-refractivity contribution in [2.45, 2.75) is 85.5 Å². The van der Waals surface area contributed by atoms with Crippen LogP contribution in [-0.4, -0.2) is 24.9 Å². The molecule has 1 aromatic carbocycles. The second-order valence-electron chi connectivity index (χ2n) is 13.0. The summed E-state index contributed by atoms with van der Waals surface area (Å²) in [6.07, 6.45) is 12.6. The standard InChI is InChI=1S/C31H40F3NO3/c1-5-37-27(36)30(4)12-7-11-29(3)23(30)10-14-31-18-25(28(2,19-31)13-9-24(29)31)35-38-15-6-8-20-16-21(32)26(34)22(33)17-20/h6,8,16-17,23-24H,5,7,9-15,18-19H2,1-4H3/b8-6+,35-25+/t23-,24-,28-,29+,30+,31-/m0/s1. The number of fused-ring (bicyclic) bond motifs is 3. The summed E-state index contributed by atoms with van der Waals surface area (Å²) in [7, 11) is 0. The van der Waals surface area contributed by atoms with Crippen molar-refractivity contribution in [2.75, 3.05) is 13.2 Å². The van der Waals surface area contributed by atoms with Gasteiger partial charge >= 0.3 is 5.97 Å². The number of rotatable bonds is 6. The van der Waals surface area contributed by atoms with Crippen LogP contribution in [0.5, 0.6) is 0 Å². The van der Waals surface area contributed by atoms with Gasteiger partial charge in [-0.2, -0.15) is 0 Å². The van der Waals surface area contributed by atoms with E-state index >= 15 is 0 Å². The molecule has 4 nitrogen and oxygen atoms in total. The van der Waals surface area contributed by atoms with E-state index < -0.39 is 22.9 Å². The largest absolute Gasteiger partial charge is 0.466 e. The van der Waals surface area contributed by atoms with Crippen molar-refractivity contribution >= 4 is 17.8 Å². The molecular formula is C31H40F3NO3. The van der Waals surface area contributed by atoms with Crippen LogP contribution in [-0.2, 0) is 14.4 Å². The minimum atomic E-state index is -1.47. The molecule has 4 saturated carbocycles. The molecular weight excluding hydrogens is 491 g/mol. The van der Waals surface area contributed by atoms with Gasteiger partial charge in [0.1, 0.15) is 6.61 Å². The molecule has 0 amide bonds. The van der Waals surface area contributed by atoms with E-state index in [9.17, 15) is 18.0 Å². The Hall–Kier alpha value is -2.31. The van der Waals surface area contributed by atoms with E-state index in [1.807, 2.05) is 6.92 Å². The van der Waals surface area contributed by atoms with Crippen molar-refractivity contribution in [2.24, 2.45) is 38.7 Å². The molecule has 0 saturated heterocycles. The van der Waals surface area contributed by atoms with Gasteiger partial charge in [-0.1, -0.05) is 31.5 Å². The van der Waals surface area contributed by atoms with Gasteiger partial charge in [-0.25, -0.2) is 13.2 Å². The zero-order valence-corrected chi connectivity index (χ0v) is 23.0. The minimum absolute atomic E-state index is 0.00569. The van der Waals surface area contributed by atoms with E-state index in [1.54, 1.807) is 6.08 Å². The Kier molecular flexibility index (Phi) is 6.96. The second-order valence-corrected chi connectivity index (χ2v) is 13.0. The first kappa shape index (κ1) is 27.3. The molecule has 0 aliphatic heterocycles. The highest BCUT2D eigenvalue weighted by Gasteiger charge is 2.67. The molecule has 2 bridgehead atoms. The number of hydrogen-bond donors (Lipinski definition) is 0. The molecule has 4 aliphatic rings. The van der Waals surface area contributed by atoms with Gasteiger partial charge in [-0.05, 0) is 112 Å². The average Bonchev–Trinajstić information content (AvgIpc) is 3.06. The third-order valence-corrected chi connectivity index (χ3v) is 10.8. The lowest BCUT2D eigenvalue weighted by Crippen LogP contribution is -2.58. The maximum atomic E-state index is 13.4. The second kappa shape index (κ2) is 9.71. The number of hydrogen-bond acceptors (Lipinski definition) is 4. The fraction of sp³-hybridized carbons (Fsp3) is 0.677. The monoisotopic (exact) mass is 531 g/mol. The topological polar surface area (TPSA) is 47.9 Å². The van der Waals surface area contributed by atoms with Crippen LogP contribution in [0.25, 0.3) is 6.08 Å². The fourth-order valence-electron chi connectivity index (χ4n) is 9.22. The minimum Gasteiger partial charge on any atom is -0.466 e. The fourth-order valence-corrected chi connectivity index (χ4v) is 9.22. The number of oxime groups is 1. The summed E-state index contributed by atoms with van der Waals surface area (Å²) in [5, 5.41) is 4.59. The summed E-state index contributed by atoms with van der Waals surface area (Å²) in [6.45, 7) is 9.37. The summed E-state index contributed by atoms with van der Waals surface area (Å²) in [5.41, 5.74) is 1.23. The highest BCUT2D eigenvalue weighted by Crippen LogP contribution is 2.73. The van der Waals surface area contributed by atoms with Crippen LogP contribution in [0.4, 0.5) is 13.2 Å². The van der Waals surface area contributed by atoms with Crippen LogP contribution in [0.3, 0.4) is 0 Å². The molecule has 0 aromatic heterocycles. The van der Waals surface area contributed by atoms with Gasteiger partial charge in [0, 0.05) is 5.41 Å². The predicted molar refractivity (Wildman–Crippen MR) is 141 cm³/mol. The number of ether oxygens (including phenoxy) is 1. The summed E-state index contributed by atoms with van der Waals surface area (Å²) < 4.78 is 45.6. The molecule has 7 heteroatoms. The number of benzene rings is 1. The normalized spacial score (nSPS) is 39.2. The Bertz CT molecular complexity index is 1140. The van der Waals surface area contributed by atoms with E-state index in [2.05, 4.69) is 25.9 Å². The van der Waals surface area contributed by atoms with Gasteiger partial charge in [0.25, 0.3) is 0 Å². The summed E-state index contributed by atoms with van der Waals surface area (Å²) in [5.74, 6) is -3.03. The molecule has 5 rings (SSSR count). The molecule has 6 atom stereocenters. The van der Waals surface area contributed by atoms with Crippen LogP contribution in [0, 0.1) is 50.9 Å². The summed E-state index contributed by atoms with van der Waals surface area (Å²) >= 11 is 0. The lowest BCUT2D eigenvalue weighted by Gasteiger charge is -2.64. The van der Waals surface area contributed by atoms with Crippen LogP contribution in [0.2, 0.25) is 0 Å². The van der Waals surface area contributed by atoms with Crippen molar-refractivity contribution in [1.82, 2.24) is 0 Å². The van der Waals surface area contributed by atoms with E-state index in [4.69, 9.17) is 9.57 Å². The molecule has 0 heterocycles. The molecule has 0 N–H and O–H groups in total. The van der Waals surface area contributed by atoms with E-state index in [-0.39, 0.29) is 34.4 Å². The van der Waals surface area contributed by atoms with E-state index in [1.165, 1.54) is 6.08 Å². The van der Waals surface area contributed by atoms with Gasteiger partial charge < -0.3 is 9.57 Å². The highest BCUT2D eigenvalue weighted by molar-refractivity contribution is 5.93. The molecule has 4 fully saturated rings. The molecule has 0 radical (unpaired) electrons. The molecule has 4 aliphatic carbocycles. The first-order valence-electron chi connectivity index (χ1n) is 14.2. The van der Waals surface area contributed by atoms with Crippen molar-refractivity contribution < 1.29 is 27.5 Å². The highest BCUT2D eigenvalue weighted by atomic mass is 19.2. The van der Waals surface area contributed by atoms with Crippen LogP contribution in [0.1, 0.15) is 91.0 Å². The smallest absolute Gasteiger partial charge is 0.312 e. The van der Waals surface area contributed by atoms with Crippen molar-refractivity contribution in [3.63, 3.8) is 0 Å². The quantitative estimate of drug-likeness (QED) is 0.163. The first-order valence-corrected chi connectivity index (χ1v) is 14.2. The molecule has 208 valence electrons. The Morgan fingerprint density at radius 3 is 2.47 bits per heavy atom. The van der Waals surface area contributed by atoms with Crippen molar-refractivity contribution in [1.29, 1.82) is 0 Å². The van der Waals surface area contributed by atoms with Crippen molar-refractivity contribution in [3.05, 3.63) is 41.2 Å². The Balaban J connectivity index is 1.30. The van der Waals surface area contributed by atoms with Crippen molar-refractivity contribution in [3.8, 4) is 0 Å². The average molecular weight is 532 g/mol. The maximum absolute atomic E-state index is 13.4. The Morgan fingerprint density at radius 1 is 1.05 bits per heavy atom. The number of halogens is 3. The summed E-state index contributed by atoms with van der Waals surface area (Å²) in [6, 6.07) is 1.91. The lowest BCUT2D eigenvalue weighted by atomic mass is 9.40. The maximum Gasteiger partial charge on any atom is 0.312 e. The van der Waals surface area contributed by atoms with Crippen LogP contribution in [0.15, 0.2) is 23.4 Å². The Morgan fingerprint density at radius 2 is 1.76 bits per heavy atom. The Labute approximate surface area is 224 Å². The summed E-state index contributed by atoms with van der Waals surface area (Å²) in [4.78, 5) is 18.8. The van der Waals surface area contributed by atoms with E-state index in [0.29, 0.717) is 18.4 Å². The third-order valence-electron chi connectivity index (χ3n) is 10.8. The SMILES string of the molecule is CCOC(=O)[C@]1(C)CCC[C@@]2(C)[C@@H]3CC[C@@]4(C)C[C@]3(CC[C@@H]21)C/C4=N\OC/C=C/c1cc(F)c(F)c(F)c1. The number of esters is 1. The van der Waals surface area contributed by atoms with Gasteiger partial charge in [0.15, 0.2) is 17.5 Å². The molecule has 1 aromatic rings. The van der Waals surface area contributed by atoms with Crippen LogP contribution >= 0.6 is 0 Å². The predicted octanol–water partition coefficient (Wildman–Crippen LogP) is 7.86.